The molecule has 0 aliphatic carbocycles. The number of benzene rings is 2. The Morgan fingerprint density at radius 2 is 1.81 bits per heavy atom. The van der Waals surface area contributed by atoms with Crippen LogP contribution in [0.3, 0.4) is 0 Å². The summed E-state index contributed by atoms with van der Waals surface area (Å²) in [5.41, 5.74) is 1.41. The van der Waals surface area contributed by atoms with Crippen molar-refractivity contribution in [2.45, 2.75) is 13.0 Å². The highest BCUT2D eigenvalue weighted by atomic mass is 19.1. The Morgan fingerprint density at radius 3 is 2.48 bits per heavy atom. The van der Waals surface area contributed by atoms with Gasteiger partial charge in [0.25, 0.3) is 5.89 Å². The van der Waals surface area contributed by atoms with Crippen LogP contribution in [0.4, 0.5) is 4.39 Å². The zero-order valence-electron chi connectivity index (χ0n) is 14.8. The lowest BCUT2D eigenvalue weighted by Crippen LogP contribution is -2.06. The number of ether oxygens (including phenoxy) is 2. The quantitative estimate of drug-likeness (QED) is 0.479. The Kier molecular flexibility index (Phi) is 5.61. The molecule has 2 aromatic carbocycles. The first-order chi connectivity index (χ1) is 13.0. The van der Waals surface area contributed by atoms with Crippen LogP contribution < -0.4 is 4.74 Å². The summed E-state index contributed by atoms with van der Waals surface area (Å²) in [7, 11) is 1.58. The number of nitrogens with zero attached hydrogens (tertiary/aromatic N) is 2. The van der Waals surface area contributed by atoms with E-state index in [9.17, 15) is 9.18 Å². The maximum absolute atomic E-state index is 12.9. The van der Waals surface area contributed by atoms with E-state index < -0.39 is 12.1 Å². The summed E-state index contributed by atoms with van der Waals surface area (Å²) in [6, 6.07) is 12.9. The Balaban J connectivity index is 1.62. The van der Waals surface area contributed by atoms with Crippen molar-refractivity contribution in [3.8, 4) is 17.2 Å². The third-order valence-corrected chi connectivity index (χ3v) is 3.70. The van der Waals surface area contributed by atoms with Crippen LogP contribution in [0.25, 0.3) is 17.5 Å². The second-order valence-electron chi connectivity index (χ2n) is 5.64. The molecule has 1 atom stereocenters. The fourth-order valence-corrected chi connectivity index (χ4v) is 2.25. The van der Waals surface area contributed by atoms with Crippen molar-refractivity contribution in [2.75, 3.05) is 7.11 Å². The van der Waals surface area contributed by atoms with E-state index in [1.54, 1.807) is 50.4 Å². The van der Waals surface area contributed by atoms with Gasteiger partial charge in [0.2, 0.25) is 5.89 Å². The number of hydrogen-bond acceptors (Lipinski definition) is 6. The smallest absolute Gasteiger partial charge is 0.331 e. The van der Waals surface area contributed by atoms with Gasteiger partial charge in [-0.15, -0.1) is 10.2 Å². The van der Waals surface area contributed by atoms with E-state index in [0.29, 0.717) is 17.2 Å². The molecule has 0 unspecified atom stereocenters. The summed E-state index contributed by atoms with van der Waals surface area (Å²) in [5, 5.41) is 7.90. The third kappa shape index (κ3) is 4.78. The van der Waals surface area contributed by atoms with E-state index in [-0.39, 0.29) is 11.7 Å². The average molecular weight is 368 g/mol. The van der Waals surface area contributed by atoms with Gasteiger partial charge in [-0.25, -0.2) is 9.18 Å². The molecule has 0 fully saturated rings. The van der Waals surface area contributed by atoms with E-state index in [2.05, 4.69) is 10.2 Å². The summed E-state index contributed by atoms with van der Waals surface area (Å²) in [6.07, 6.45) is 2.07. The van der Waals surface area contributed by atoms with Gasteiger partial charge in [0.15, 0.2) is 6.10 Å². The van der Waals surface area contributed by atoms with E-state index >= 15 is 0 Å². The highest BCUT2D eigenvalue weighted by molar-refractivity contribution is 5.87. The molecule has 0 saturated carbocycles. The van der Waals surface area contributed by atoms with Crippen LogP contribution in [0.5, 0.6) is 5.75 Å². The fourth-order valence-electron chi connectivity index (χ4n) is 2.25. The van der Waals surface area contributed by atoms with Crippen LogP contribution in [-0.2, 0) is 9.53 Å². The minimum Gasteiger partial charge on any atom is -0.497 e. The molecule has 0 N–H and O–H groups in total. The predicted octanol–water partition coefficient (Wildman–Crippen LogP) is 4.20. The lowest BCUT2D eigenvalue weighted by molar-refractivity contribution is -0.143. The zero-order valence-corrected chi connectivity index (χ0v) is 14.8. The first kappa shape index (κ1) is 18.3. The van der Waals surface area contributed by atoms with Crippen LogP contribution in [0.2, 0.25) is 0 Å². The lowest BCUT2D eigenvalue weighted by atomic mass is 10.2. The molecule has 0 radical (unpaired) electrons. The summed E-state index contributed by atoms with van der Waals surface area (Å²) >= 11 is 0. The van der Waals surface area contributed by atoms with Gasteiger partial charge < -0.3 is 13.9 Å². The molecule has 1 heterocycles. The second kappa shape index (κ2) is 8.27. The van der Waals surface area contributed by atoms with Crippen LogP contribution >= 0.6 is 0 Å². The van der Waals surface area contributed by atoms with Gasteiger partial charge in [-0.2, -0.15) is 0 Å². The molecule has 3 aromatic rings. The Morgan fingerprint density at radius 1 is 1.11 bits per heavy atom. The first-order valence-electron chi connectivity index (χ1n) is 8.17. The fraction of sp³-hybridized carbons (Fsp3) is 0.150. The van der Waals surface area contributed by atoms with Gasteiger partial charge in [0, 0.05) is 11.6 Å². The van der Waals surface area contributed by atoms with Crippen molar-refractivity contribution in [3.63, 3.8) is 0 Å². The van der Waals surface area contributed by atoms with Crippen molar-refractivity contribution in [1.82, 2.24) is 10.2 Å². The maximum atomic E-state index is 12.9. The van der Waals surface area contributed by atoms with E-state index in [4.69, 9.17) is 13.9 Å². The van der Waals surface area contributed by atoms with Crippen LogP contribution in [0.15, 0.2) is 59.0 Å². The Bertz CT molecular complexity index is 933. The largest absolute Gasteiger partial charge is 0.497 e. The molecular formula is C20H17FN2O4. The van der Waals surface area contributed by atoms with Gasteiger partial charge in [-0.1, -0.05) is 12.1 Å². The molecule has 27 heavy (non-hydrogen) atoms. The molecule has 7 heteroatoms. The molecule has 6 nitrogen and oxygen atoms in total. The maximum Gasteiger partial charge on any atom is 0.331 e. The number of rotatable bonds is 6. The number of esters is 1. The molecule has 0 spiro atoms. The number of aromatic nitrogens is 2. The van der Waals surface area contributed by atoms with E-state index in [0.717, 1.165) is 5.56 Å². The summed E-state index contributed by atoms with van der Waals surface area (Å²) in [5.74, 6) is 0.305. The third-order valence-electron chi connectivity index (χ3n) is 3.70. The summed E-state index contributed by atoms with van der Waals surface area (Å²) in [6.45, 7) is 1.63. The van der Waals surface area contributed by atoms with Crippen molar-refractivity contribution in [2.24, 2.45) is 0 Å². The first-order valence-corrected chi connectivity index (χ1v) is 8.17. The van der Waals surface area contributed by atoms with Crippen LogP contribution in [0, 0.1) is 5.82 Å². The molecule has 1 aromatic heterocycles. The molecule has 0 bridgehead atoms. The van der Waals surface area contributed by atoms with E-state index in [1.807, 2.05) is 0 Å². The normalized spacial score (nSPS) is 12.1. The monoisotopic (exact) mass is 368 g/mol. The summed E-state index contributed by atoms with van der Waals surface area (Å²) in [4.78, 5) is 11.9. The van der Waals surface area contributed by atoms with Crippen LogP contribution in [0.1, 0.15) is 24.5 Å². The van der Waals surface area contributed by atoms with Crippen LogP contribution in [-0.4, -0.2) is 23.3 Å². The van der Waals surface area contributed by atoms with E-state index in [1.165, 1.54) is 24.3 Å². The molecule has 3 rings (SSSR count). The highest BCUT2D eigenvalue weighted by Crippen LogP contribution is 2.24. The zero-order chi connectivity index (χ0) is 19.2. The molecule has 0 amide bonds. The summed E-state index contributed by atoms with van der Waals surface area (Å²) < 4.78 is 28.8. The minimum absolute atomic E-state index is 0.185. The predicted molar refractivity (Wildman–Crippen MR) is 96.2 cm³/mol. The number of methoxy groups -OCH3 is 1. The van der Waals surface area contributed by atoms with Crippen molar-refractivity contribution < 1.29 is 23.1 Å². The number of carbonyl (C=O) groups excluding carboxylic acids is 1. The van der Waals surface area contributed by atoms with Gasteiger partial charge in [0.05, 0.1) is 7.11 Å². The molecule has 0 aliphatic rings. The van der Waals surface area contributed by atoms with Crippen molar-refractivity contribution in [3.05, 3.63) is 71.9 Å². The Hall–Kier alpha value is -3.48. The van der Waals surface area contributed by atoms with Crippen molar-refractivity contribution >= 4 is 12.0 Å². The topological polar surface area (TPSA) is 74.5 Å². The van der Waals surface area contributed by atoms with Gasteiger partial charge in [0.1, 0.15) is 11.6 Å². The van der Waals surface area contributed by atoms with Crippen molar-refractivity contribution in [1.29, 1.82) is 0 Å². The van der Waals surface area contributed by atoms with Gasteiger partial charge in [-0.3, -0.25) is 0 Å². The Labute approximate surface area is 155 Å². The number of hydrogen-bond donors (Lipinski definition) is 0. The SMILES string of the molecule is COc1ccc(-c2nnc([C@H](C)OC(=O)/C=C/c3ccc(F)cc3)o2)cc1. The van der Waals surface area contributed by atoms with Gasteiger partial charge >= 0.3 is 5.97 Å². The molecule has 0 saturated heterocycles. The average Bonchev–Trinajstić information content (AvgIpc) is 3.18. The minimum atomic E-state index is -0.713. The number of halogens is 1. The van der Waals surface area contributed by atoms with Gasteiger partial charge in [-0.05, 0) is 55.0 Å². The highest BCUT2D eigenvalue weighted by Gasteiger charge is 2.18. The molecule has 138 valence electrons. The standard InChI is InChI=1S/C20H17FN2O4/c1-13(26-18(24)12-5-14-3-8-16(21)9-4-14)19-22-23-20(27-19)15-6-10-17(25-2)11-7-15/h3-13H,1-2H3/b12-5+/t13-/m0/s1. The molecular weight excluding hydrogens is 351 g/mol. The lowest BCUT2D eigenvalue weighted by Gasteiger charge is -2.06. The molecule has 0 aliphatic heterocycles. The second-order valence-corrected chi connectivity index (χ2v) is 5.64. The number of carbonyl (C=O) groups is 1.